The molecule has 5 heteroatoms. The molecule has 0 saturated carbocycles. The molecule has 0 aliphatic carbocycles. The first-order valence-corrected chi connectivity index (χ1v) is 8.81. The number of aromatic nitrogens is 2. The van der Waals surface area contributed by atoms with Crippen LogP contribution in [0.15, 0.2) is 30.3 Å². The number of thiophene rings is 1. The molecule has 1 aromatic carbocycles. The topological polar surface area (TPSA) is 58.0 Å². The number of benzene rings is 1. The first kappa shape index (κ1) is 14.6. The van der Waals surface area contributed by atoms with Crippen LogP contribution in [0.3, 0.4) is 0 Å². The van der Waals surface area contributed by atoms with Crippen LogP contribution in [-0.2, 0) is 0 Å². The first-order valence-electron chi connectivity index (χ1n) is 8.00. The van der Waals surface area contributed by atoms with E-state index in [1.807, 2.05) is 18.2 Å². The summed E-state index contributed by atoms with van der Waals surface area (Å²) in [6.07, 6.45) is 2.38. The van der Waals surface area contributed by atoms with Gasteiger partial charge in [0, 0.05) is 15.8 Å². The number of aryl methyl sites for hydroxylation is 1. The lowest BCUT2D eigenvalue weighted by molar-refractivity contribution is 0.464. The van der Waals surface area contributed by atoms with Crippen molar-refractivity contribution in [1.29, 1.82) is 0 Å². The SMILES string of the molecule is Cc1c(C2CCNCC2)sc2nnc(-c3ccccc3O)cc12. The number of rotatable bonds is 2. The minimum absolute atomic E-state index is 0.243. The fourth-order valence-electron chi connectivity index (χ4n) is 3.33. The monoisotopic (exact) mass is 325 g/mol. The minimum Gasteiger partial charge on any atom is -0.507 e. The summed E-state index contributed by atoms with van der Waals surface area (Å²) in [6, 6.07) is 9.34. The third-order valence-electron chi connectivity index (χ3n) is 4.63. The third-order valence-corrected chi connectivity index (χ3v) is 5.98. The predicted molar refractivity (Wildman–Crippen MR) is 94.1 cm³/mol. The van der Waals surface area contributed by atoms with E-state index in [9.17, 15) is 5.11 Å². The zero-order chi connectivity index (χ0) is 15.8. The van der Waals surface area contributed by atoms with Crippen LogP contribution < -0.4 is 5.32 Å². The number of piperidine rings is 1. The number of phenolic OH excluding ortho intramolecular Hbond substituents is 1. The highest BCUT2D eigenvalue weighted by atomic mass is 32.1. The van der Waals surface area contributed by atoms with Gasteiger partial charge in [-0.3, -0.25) is 0 Å². The van der Waals surface area contributed by atoms with E-state index >= 15 is 0 Å². The molecule has 0 atom stereocenters. The van der Waals surface area contributed by atoms with Crippen LogP contribution in [0.25, 0.3) is 21.5 Å². The van der Waals surface area contributed by atoms with Crippen LogP contribution in [0.2, 0.25) is 0 Å². The second-order valence-corrected chi connectivity index (χ2v) is 7.11. The van der Waals surface area contributed by atoms with Crippen molar-refractivity contribution in [3.63, 3.8) is 0 Å². The van der Waals surface area contributed by atoms with Gasteiger partial charge < -0.3 is 10.4 Å². The van der Waals surface area contributed by atoms with Crippen LogP contribution in [0.4, 0.5) is 0 Å². The summed E-state index contributed by atoms with van der Waals surface area (Å²) in [7, 11) is 0. The molecule has 1 aliphatic rings. The lowest BCUT2D eigenvalue weighted by atomic mass is 9.93. The molecule has 3 aromatic rings. The molecule has 0 radical (unpaired) electrons. The lowest BCUT2D eigenvalue weighted by Crippen LogP contribution is -2.26. The first-order chi connectivity index (χ1) is 11.2. The Kier molecular flexibility index (Phi) is 3.75. The third kappa shape index (κ3) is 2.60. The molecule has 0 unspecified atom stereocenters. The number of phenols is 1. The number of aromatic hydroxyl groups is 1. The van der Waals surface area contributed by atoms with Gasteiger partial charge in [0.05, 0.1) is 5.69 Å². The maximum atomic E-state index is 10.0. The summed E-state index contributed by atoms with van der Waals surface area (Å²) >= 11 is 1.77. The summed E-state index contributed by atoms with van der Waals surface area (Å²) in [5, 5.41) is 23.4. The van der Waals surface area contributed by atoms with Gasteiger partial charge in [0.1, 0.15) is 10.6 Å². The molecule has 0 amide bonds. The molecule has 1 aliphatic heterocycles. The summed E-state index contributed by atoms with van der Waals surface area (Å²) in [5.41, 5.74) is 2.78. The molecule has 118 valence electrons. The fourth-order valence-corrected chi connectivity index (χ4v) is 4.61. The average molecular weight is 325 g/mol. The standard InChI is InChI=1S/C18H19N3OS/c1-11-14-10-15(13-4-2-3-5-16(13)22)20-21-18(14)23-17(11)12-6-8-19-9-7-12/h2-5,10,12,19,22H,6-9H2,1H3. The number of hydrogen-bond donors (Lipinski definition) is 2. The highest BCUT2D eigenvalue weighted by Gasteiger charge is 2.21. The molecule has 0 spiro atoms. The van der Waals surface area contributed by atoms with Crippen molar-refractivity contribution >= 4 is 21.6 Å². The lowest BCUT2D eigenvalue weighted by Gasteiger charge is -2.22. The number of para-hydroxylation sites is 1. The Labute approximate surface area is 139 Å². The van der Waals surface area contributed by atoms with Crippen LogP contribution >= 0.6 is 11.3 Å². The largest absolute Gasteiger partial charge is 0.507 e. The summed E-state index contributed by atoms with van der Waals surface area (Å²) < 4.78 is 0. The maximum absolute atomic E-state index is 10.0. The van der Waals surface area contributed by atoms with Crippen molar-refractivity contribution in [2.45, 2.75) is 25.7 Å². The van der Waals surface area contributed by atoms with E-state index < -0.39 is 0 Å². The van der Waals surface area contributed by atoms with E-state index in [-0.39, 0.29) is 5.75 Å². The number of nitrogens with zero attached hydrogens (tertiary/aromatic N) is 2. The minimum atomic E-state index is 0.243. The second-order valence-electron chi connectivity index (χ2n) is 6.08. The van der Waals surface area contributed by atoms with E-state index in [1.165, 1.54) is 23.3 Å². The molecular formula is C18H19N3OS. The van der Waals surface area contributed by atoms with Gasteiger partial charge in [-0.05, 0) is 62.5 Å². The molecule has 4 nitrogen and oxygen atoms in total. The normalized spacial score (nSPS) is 16.0. The second kappa shape index (κ2) is 5.91. The van der Waals surface area contributed by atoms with Crippen molar-refractivity contribution in [3.8, 4) is 17.0 Å². The van der Waals surface area contributed by atoms with Gasteiger partial charge in [-0.15, -0.1) is 21.5 Å². The van der Waals surface area contributed by atoms with Gasteiger partial charge in [0.2, 0.25) is 0 Å². The van der Waals surface area contributed by atoms with Gasteiger partial charge in [-0.25, -0.2) is 0 Å². The van der Waals surface area contributed by atoms with Gasteiger partial charge in [0.25, 0.3) is 0 Å². The quantitative estimate of drug-likeness (QED) is 0.751. The molecule has 4 rings (SSSR count). The van der Waals surface area contributed by atoms with Crippen molar-refractivity contribution < 1.29 is 5.11 Å². The Morgan fingerprint density at radius 2 is 1.96 bits per heavy atom. The van der Waals surface area contributed by atoms with Gasteiger partial charge in [-0.2, -0.15) is 0 Å². The Morgan fingerprint density at radius 1 is 1.17 bits per heavy atom. The summed E-state index contributed by atoms with van der Waals surface area (Å²) in [6.45, 7) is 4.37. The van der Waals surface area contributed by atoms with E-state index in [0.717, 1.165) is 34.6 Å². The smallest absolute Gasteiger partial charge is 0.146 e. The maximum Gasteiger partial charge on any atom is 0.146 e. The molecule has 1 saturated heterocycles. The van der Waals surface area contributed by atoms with Gasteiger partial charge in [-0.1, -0.05) is 12.1 Å². The zero-order valence-corrected chi connectivity index (χ0v) is 13.9. The fraction of sp³-hybridized carbons (Fsp3) is 0.333. The highest BCUT2D eigenvalue weighted by molar-refractivity contribution is 7.18. The predicted octanol–water partition coefficient (Wildman–Crippen LogP) is 3.84. The van der Waals surface area contributed by atoms with Gasteiger partial charge in [0.15, 0.2) is 0 Å². The molecular weight excluding hydrogens is 306 g/mol. The van der Waals surface area contributed by atoms with E-state index in [0.29, 0.717) is 5.92 Å². The van der Waals surface area contributed by atoms with E-state index in [4.69, 9.17) is 0 Å². The van der Waals surface area contributed by atoms with Crippen LogP contribution in [0.1, 0.15) is 29.2 Å². The Balaban J connectivity index is 1.80. The summed E-state index contributed by atoms with van der Waals surface area (Å²) in [4.78, 5) is 2.44. The average Bonchev–Trinajstić information content (AvgIpc) is 2.93. The van der Waals surface area contributed by atoms with E-state index in [2.05, 4.69) is 28.5 Å². The van der Waals surface area contributed by atoms with Crippen molar-refractivity contribution in [1.82, 2.24) is 15.5 Å². The van der Waals surface area contributed by atoms with E-state index in [1.54, 1.807) is 17.4 Å². The summed E-state index contributed by atoms with van der Waals surface area (Å²) in [5.74, 6) is 0.872. The van der Waals surface area contributed by atoms with Crippen molar-refractivity contribution in [2.24, 2.45) is 0 Å². The molecule has 0 bridgehead atoms. The molecule has 3 heterocycles. The zero-order valence-electron chi connectivity index (χ0n) is 13.0. The van der Waals surface area contributed by atoms with Crippen molar-refractivity contribution in [2.75, 3.05) is 13.1 Å². The van der Waals surface area contributed by atoms with Gasteiger partial charge >= 0.3 is 0 Å². The molecule has 2 N–H and O–H groups in total. The number of hydrogen-bond acceptors (Lipinski definition) is 5. The Hall–Kier alpha value is -1.98. The molecule has 1 fully saturated rings. The highest BCUT2D eigenvalue weighted by Crippen LogP contribution is 2.39. The number of nitrogens with one attached hydrogen (secondary N) is 1. The Bertz CT molecular complexity index is 853. The van der Waals surface area contributed by atoms with Crippen LogP contribution in [0, 0.1) is 6.92 Å². The van der Waals surface area contributed by atoms with Crippen LogP contribution in [0.5, 0.6) is 5.75 Å². The van der Waals surface area contributed by atoms with Crippen molar-refractivity contribution in [3.05, 3.63) is 40.8 Å². The molecule has 23 heavy (non-hydrogen) atoms. The van der Waals surface area contributed by atoms with Crippen LogP contribution in [-0.4, -0.2) is 28.4 Å². The molecule has 2 aromatic heterocycles. The number of fused-ring (bicyclic) bond motifs is 1. The Morgan fingerprint density at radius 3 is 2.74 bits per heavy atom.